The maximum Gasteiger partial charge on any atom is 0.164 e. The van der Waals surface area contributed by atoms with Crippen LogP contribution in [0, 0.1) is 0 Å². The van der Waals surface area contributed by atoms with E-state index in [1.165, 1.54) is 22.3 Å². The predicted octanol–water partition coefficient (Wildman–Crippen LogP) is 10.4. The Morgan fingerprint density at radius 3 is 1.86 bits per heavy atom. The van der Waals surface area contributed by atoms with Crippen molar-refractivity contribution in [3.8, 4) is 67.8 Å². The van der Waals surface area contributed by atoms with Crippen molar-refractivity contribution >= 4 is 11.0 Å². The summed E-state index contributed by atoms with van der Waals surface area (Å²) in [6.07, 6.45) is 0. The number of aromatic nitrogens is 5. The van der Waals surface area contributed by atoms with Crippen molar-refractivity contribution in [2.45, 2.75) is 19.3 Å². The normalized spacial score (nSPS) is 13.0. The Morgan fingerprint density at radius 1 is 0.449 bits per heavy atom. The van der Waals surface area contributed by atoms with Gasteiger partial charge in [0.25, 0.3) is 0 Å². The van der Waals surface area contributed by atoms with E-state index >= 15 is 0 Å². The Hall–Kier alpha value is -6.20. The second-order valence-corrected chi connectivity index (χ2v) is 13.2. The molecule has 1 aliphatic carbocycles. The smallest absolute Gasteiger partial charge is 0.164 e. The summed E-state index contributed by atoms with van der Waals surface area (Å²) < 4.78 is 2.14. The van der Waals surface area contributed by atoms with Crippen LogP contribution in [0.5, 0.6) is 0 Å². The number of hydrogen-bond donors (Lipinski definition) is 0. The minimum absolute atomic E-state index is 0.129. The summed E-state index contributed by atoms with van der Waals surface area (Å²) in [5.74, 6) is 2.85. The van der Waals surface area contributed by atoms with Gasteiger partial charge in [-0.15, -0.1) is 0 Å². The van der Waals surface area contributed by atoms with Crippen LogP contribution in [0.2, 0.25) is 0 Å². The van der Waals surface area contributed by atoms with E-state index in [1.54, 1.807) is 0 Å². The van der Waals surface area contributed by atoms with Gasteiger partial charge in [0.15, 0.2) is 17.5 Å². The zero-order valence-corrected chi connectivity index (χ0v) is 27.6. The fourth-order valence-electron chi connectivity index (χ4n) is 7.34. The third-order valence-electron chi connectivity index (χ3n) is 9.90. The maximum absolute atomic E-state index is 5.20. The average Bonchev–Trinajstić information content (AvgIpc) is 3.62. The summed E-state index contributed by atoms with van der Waals surface area (Å²) in [6, 6.07) is 50.7. The Balaban J connectivity index is 1.21. The monoisotopic (exact) mass is 631 g/mol. The molecule has 0 saturated heterocycles. The fourth-order valence-corrected chi connectivity index (χ4v) is 7.34. The number of hydrogen-bond acceptors (Lipinski definition) is 4. The number of imidazole rings is 1. The van der Waals surface area contributed by atoms with Crippen molar-refractivity contribution in [2.24, 2.45) is 7.05 Å². The molecule has 8 aromatic rings. The molecule has 0 saturated carbocycles. The second-order valence-electron chi connectivity index (χ2n) is 13.2. The number of para-hydroxylation sites is 2. The van der Waals surface area contributed by atoms with E-state index < -0.39 is 0 Å². The first-order valence-corrected chi connectivity index (χ1v) is 16.6. The lowest BCUT2D eigenvalue weighted by atomic mass is 9.82. The quantitative estimate of drug-likeness (QED) is 0.190. The van der Waals surface area contributed by atoms with Crippen molar-refractivity contribution in [1.82, 2.24) is 24.5 Å². The molecule has 49 heavy (non-hydrogen) atoms. The van der Waals surface area contributed by atoms with E-state index in [9.17, 15) is 0 Å². The molecule has 0 atom stereocenters. The summed E-state index contributed by atoms with van der Waals surface area (Å²) in [5, 5.41) is 0. The van der Waals surface area contributed by atoms with Crippen LogP contribution < -0.4 is 0 Å². The highest BCUT2D eigenvalue weighted by Gasteiger charge is 2.37. The average molecular weight is 632 g/mol. The summed E-state index contributed by atoms with van der Waals surface area (Å²) in [7, 11) is 2.06. The molecule has 0 spiro atoms. The van der Waals surface area contributed by atoms with Gasteiger partial charge >= 0.3 is 0 Å². The first-order valence-electron chi connectivity index (χ1n) is 16.6. The number of fused-ring (bicyclic) bond motifs is 4. The Bertz CT molecular complexity index is 2530. The second kappa shape index (κ2) is 11.2. The fraction of sp³-hybridized carbons (Fsp3) is 0.0909. The van der Waals surface area contributed by atoms with Crippen LogP contribution in [0.25, 0.3) is 78.8 Å². The molecule has 0 fully saturated rings. The molecule has 0 amide bonds. The van der Waals surface area contributed by atoms with E-state index in [0.29, 0.717) is 17.5 Å². The summed E-state index contributed by atoms with van der Waals surface area (Å²) >= 11 is 0. The van der Waals surface area contributed by atoms with Gasteiger partial charge in [-0.25, -0.2) is 19.9 Å². The van der Waals surface area contributed by atoms with Crippen molar-refractivity contribution in [3.05, 3.63) is 157 Å². The minimum atomic E-state index is -0.129. The van der Waals surface area contributed by atoms with Gasteiger partial charge in [0.2, 0.25) is 0 Å². The number of nitrogens with zero attached hydrogens (tertiary/aromatic N) is 5. The SMILES string of the molecule is Cn1c(-c2ccc(-c3nc(-c4cccc(-c5ccccc5)c4)nc(-c4cccc5c4-c4ccccc4C5(C)C)n3)cc2)nc2ccccc21. The van der Waals surface area contributed by atoms with Gasteiger partial charge in [-0.05, 0) is 51.6 Å². The van der Waals surface area contributed by atoms with Crippen LogP contribution >= 0.6 is 0 Å². The predicted molar refractivity (Wildman–Crippen MR) is 199 cm³/mol. The van der Waals surface area contributed by atoms with Crippen molar-refractivity contribution in [3.63, 3.8) is 0 Å². The minimum Gasteiger partial charge on any atom is -0.327 e. The van der Waals surface area contributed by atoms with Crippen molar-refractivity contribution in [2.75, 3.05) is 0 Å². The molecule has 2 heterocycles. The van der Waals surface area contributed by atoms with E-state index in [2.05, 4.69) is 147 Å². The standard InChI is InChI=1S/C44H33N5/c1-44(2)35-19-8-7-17-33(35)39-34(18-12-20-36(39)44)42-47-40(46-41(48-42)32-16-11-15-31(27-32)28-13-5-4-6-14-28)29-23-25-30(26-24-29)43-45-37-21-9-10-22-38(37)49(43)3/h4-27H,1-3H3. The molecule has 0 aliphatic heterocycles. The van der Waals surface area contributed by atoms with Gasteiger partial charge < -0.3 is 4.57 Å². The van der Waals surface area contributed by atoms with Crippen LogP contribution in [-0.4, -0.2) is 24.5 Å². The molecule has 6 aromatic carbocycles. The highest BCUT2D eigenvalue weighted by Crippen LogP contribution is 2.51. The molecule has 0 unspecified atom stereocenters. The third-order valence-corrected chi connectivity index (χ3v) is 9.90. The van der Waals surface area contributed by atoms with Gasteiger partial charge in [0.05, 0.1) is 11.0 Å². The first-order chi connectivity index (χ1) is 24.0. The molecule has 1 aliphatic rings. The number of rotatable bonds is 5. The number of aryl methyl sites for hydroxylation is 1. The van der Waals surface area contributed by atoms with Crippen LogP contribution in [0.4, 0.5) is 0 Å². The lowest BCUT2D eigenvalue weighted by Crippen LogP contribution is -2.14. The van der Waals surface area contributed by atoms with E-state index in [-0.39, 0.29) is 5.41 Å². The van der Waals surface area contributed by atoms with Gasteiger partial charge in [-0.1, -0.05) is 141 Å². The summed E-state index contributed by atoms with van der Waals surface area (Å²) in [6.45, 7) is 4.60. The molecular formula is C44H33N5. The van der Waals surface area contributed by atoms with Crippen molar-refractivity contribution in [1.29, 1.82) is 0 Å². The van der Waals surface area contributed by atoms with Gasteiger partial charge in [0.1, 0.15) is 5.82 Å². The Morgan fingerprint density at radius 2 is 1.04 bits per heavy atom. The molecule has 2 aromatic heterocycles. The van der Waals surface area contributed by atoms with Crippen LogP contribution in [0.3, 0.4) is 0 Å². The van der Waals surface area contributed by atoms with Gasteiger partial charge in [0, 0.05) is 34.7 Å². The van der Waals surface area contributed by atoms with Crippen LogP contribution in [0.15, 0.2) is 146 Å². The molecule has 0 N–H and O–H groups in total. The lowest BCUT2D eigenvalue weighted by Gasteiger charge is -2.21. The lowest BCUT2D eigenvalue weighted by molar-refractivity contribution is 0.660. The highest BCUT2D eigenvalue weighted by molar-refractivity contribution is 5.91. The Labute approximate surface area is 285 Å². The molecule has 0 bridgehead atoms. The van der Waals surface area contributed by atoms with E-state index in [4.69, 9.17) is 19.9 Å². The van der Waals surface area contributed by atoms with Crippen molar-refractivity contribution < 1.29 is 0 Å². The zero-order valence-electron chi connectivity index (χ0n) is 27.6. The van der Waals surface area contributed by atoms with Gasteiger partial charge in [-0.3, -0.25) is 0 Å². The van der Waals surface area contributed by atoms with E-state index in [0.717, 1.165) is 50.2 Å². The van der Waals surface area contributed by atoms with E-state index in [1.807, 2.05) is 24.3 Å². The van der Waals surface area contributed by atoms with Gasteiger partial charge in [-0.2, -0.15) is 0 Å². The van der Waals surface area contributed by atoms with Crippen LogP contribution in [-0.2, 0) is 12.5 Å². The largest absolute Gasteiger partial charge is 0.327 e. The maximum atomic E-state index is 5.20. The first kappa shape index (κ1) is 29.0. The molecule has 5 nitrogen and oxygen atoms in total. The topological polar surface area (TPSA) is 56.5 Å². The number of benzene rings is 6. The Kier molecular flexibility index (Phi) is 6.63. The molecule has 5 heteroatoms. The highest BCUT2D eigenvalue weighted by atomic mass is 15.1. The zero-order chi connectivity index (χ0) is 33.1. The third kappa shape index (κ3) is 4.77. The van der Waals surface area contributed by atoms with Crippen LogP contribution in [0.1, 0.15) is 25.0 Å². The molecule has 0 radical (unpaired) electrons. The summed E-state index contributed by atoms with van der Waals surface area (Å²) in [4.78, 5) is 20.4. The summed E-state index contributed by atoms with van der Waals surface area (Å²) in [5.41, 5.74) is 13.2. The molecule has 234 valence electrons. The molecular weight excluding hydrogens is 599 g/mol. The molecule has 9 rings (SSSR count).